The van der Waals surface area contributed by atoms with Crippen molar-refractivity contribution in [2.24, 2.45) is 17.3 Å². The normalized spacial score (nSPS) is 25.1. The third-order valence-electron chi connectivity index (χ3n) is 6.31. The first-order chi connectivity index (χ1) is 12.2. The number of hydrogen-bond acceptors (Lipinski definition) is 3. The van der Waals surface area contributed by atoms with E-state index >= 15 is 0 Å². The van der Waals surface area contributed by atoms with Gasteiger partial charge in [-0.2, -0.15) is 5.10 Å². The summed E-state index contributed by atoms with van der Waals surface area (Å²) in [6.07, 6.45) is 3.70. The Hall–Kier alpha value is -1.85. The van der Waals surface area contributed by atoms with Gasteiger partial charge in [0.2, 0.25) is 5.91 Å². The average Bonchev–Trinajstić information content (AvgIpc) is 3.18. The van der Waals surface area contributed by atoms with Gasteiger partial charge in [-0.3, -0.25) is 14.3 Å². The summed E-state index contributed by atoms with van der Waals surface area (Å²) in [5.41, 5.74) is 2.61. The van der Waals surface area contributed by atoms with E-state index in [2.05, 4.69) is 25.9 Å². The third kappa shape index (κ3) is 3.26. The van der Waals surface area contributed by atoms with Crippen molar-refractivity contribution in [2.75, 3.05) is 13.1 Å². The Balaban J connectivity index is 1.64. The molecule has 1 N–H and O–H groups in total. The average molecular weight is 361 g/mol. The van der Waals surface area contributed by atoms with Crippen molar-refractivity contribution >= 4 is 11.9 Å². The van der Waals surface area contributed by atoms with E-state index in [0.29, 0.717) is 38.3 Å². The molecule has 1 aromatic heterocycles. The molecule has 0 aromatic carbocycles. The molecule has 26 heavy (non-hydrogen) atoms. The Morgan fingerprint density at radius 3 is 2.69 bits per heavy atom. The van der Waals surface area contributed by atoms with E-state index in [0.717, 1.165) is 36.3 Å². The number of fused-ring (bicyclic) bond motifs is 1. The molecular formula is C20H31N3O3. The van der Waals surface area contributed by atoms with Gasteiger partial charge in [0.25, 0.3) is 0 Å². The van der Waals surface area contributed by atoms with Gasteiger partial charge in [-0.05, 0) is 50.5 Å². The number of aryl methyl sites for hydroxylation is 1. The summed E-state index contributed by atoms with van der Waals surface area (Å²) in [4.78, 5) is 26.3. The highest BCUT2D eigenvalue weighted by molar-refractivity contribution is 5.81. The SMILES string of the molecule is Cc1nn(CC(C)C)c(C)c1CCC(=O)N1C[C@@H]2CCC[C@@]2(C(=O)O)C1. The summed E-state index contributed by atoms with van der Waals surface area (Å²) in [5.74, 6) is 0.00676. The second-order valence-corrected chi connectivity index (χ2v) is 8.55. The quantitative estimate of drug-likeness (QED) is 0.845. The number of amides is 1. The van der Waals surface area contributed by atoms with E-state index in [4.69, 9.17) is 0 Å². The third-order valence-corrected chi connectivity index (χ3v) is 6.31. The Morgan fingerprint density at radius 1 is 1.35 bits per heavy atom. The molecular weight excluding hydrogens is 330 g/mol. The van der Waals surface area contributed by atoms with E-state index < -0.39 is 11.4 Å². The Kier molecular flexibility index (Phi) is 5.13. The van der Waals surface area contributed by atoms with Crippen LogP contribution < -0.4 is 0 Å². The molecule has 0 radical (unpaired) electrons. The van der Waals surface area contributed by atoms with Gasteiger partial charge in [0.05, 0.1) is 11.1 Å². The van der Waals surface area contributed by atoms with Crippen molar-refractivity contribution in [2.45, 2.75) is 66.3 Å². The Labute approximate surface area is 155 Å². The van der Waals surface area contributed by atoms with Gasteiger partial charge in [0.15, 0.2) is 0 Å². The van der Waals surface area contributed by atoms with Crippen LogP contribution in [0.25, 0.3) is 0 Å². The van der Waals surface area contributed by atoms with Crippen LogP contribution in [0.3, 0.4) is 0 Å². The van der Waals surface area contributed by atoms with Gasteiger partial charge in [-0.25, -0.2) is 0 Å². The zero-order chi connectivity index (χ0) is 19.1. The number of rotatable bonds is 6. The molecule has 1 aliphatic heterocycles. The number of hydrogen-bond donors (Lipinski definition) is 1. The van der Waals surface area contributed by atoms with Crippen molar-refractivity contribution in [3.05, 3.63) is 17.0 Å². The minimum Gasteiger partial charge on any atom is -0.481 e. The number of carbonyl (C=O) groups is 2. The van der Waals surface area contributed by atoms with Crippen LogP contribution >= 0.6 is 0 Å². The summed E-state index contributed by atoms with van der Waals surface area (Å²) in [5, 5.41) is 14.3. The molecule has 3 rings (SSSR count). The molecule has 1 saturated heterocycles. The maximum atomic E-state index is 12.7. The lowest BCUT2D eigenvalue weighted by Gasteiger charge is -2.23. The number of carboxylic acids is 1. The fourth-order valence-corrected chi connectivity index (χ4v) is 4.84. The predicted molar refractivity (Wildman–Crippen MR) is 98.8 cm³/mol. The number of aliphatic carboxylic acids is 1. The summed E-state index contributed by atoms with van der Waals surface area (Å²) in [6, 6.07) is 0. The molecule has 6 nitrogen and oxygen atoms in total. The highest BCUT2D eigenvalue weighted by Gasteiger charge is 2.55. The second-order valence-electron chi connectivity index (χ2n) is 8.55. The van der Waals surface area contributed by atoms with Crippen LogP contribution in [0.1, 0.15) is 56.5 Å². The molecule has 2 aliphatic rings. The molecule has 2 fully saturated rings. The van der Waals surface area contributed by atoms with Crippen molar-refractivity contribution in [3.63, 3.8) is 0 Å². The predicted octanol–water partition coefficient (Wildman–Crippen LogP) is 2.80. The molecule has 144 valence electrons. The van der Waals surface area contributed by atoms with Gasteiger partial charge in [-0.15, -0.1) is 0 Å². The van der Waals surface area contributed by atoms with Crippen LogP contribution in [0.15, 0.2) is 0 Å². The van der Waals surface area contributed by atoms with Crippen LogP contribution in [0.2, 0.25) is 0 Å². The minimum absolute atomic E-state index is 0.0791. The number of nitrogens with zero attached hydrogens (tertiary/aromatic N) is 3. The molecule has 6 heteroatoms. The number of likely N-dealkylation sites (tertiary alicyclic amines) is 1. The second kappa shape index (κ2) is 7.05. The first-order valence-corrected chi connectivity index (χ1v) is 9.78. The fourth-order valence-electron chi connectivity index (χ4n) is 4.84. The van der Waals surface area contributed by atoms with Gasteiger partial charge in [-0.1, -0.05) is 20.3 Å². The lowest BCUT2D eigenvalue weighted by molar-refractivity contribution is -0.149. The van der Waals surface area contributed by atoms with Crippen molar-refractivity contribution in [1.82, 2.24) is 14.7 Å². The van der Waals surface area contributed by atoms with Gasteiger partial charge in [0, 0.05) is 31.7 Å². The molecule has 0 spiro atoms. The zero-order valence-electron chi connectivity index (χ0n) is 16.4. The Morgan fingerprint density at radius 2 is 2.08 bits per heavy atom. The zero-order valence-corrected chi connectivity index (χ0v) is 16.4. The smallest absolute Gasteiger partial charge is 0.311 e. The van der Waals surface area contributed by atoms with Crippen LogP contribution in [0.5, 0.6) is 0 Å². The summed E-state index contributed by atoms with van der Waals surface area (Å²) < 4.78 is 2.04. The van der Waals surface area contributed by atoms with Crippen LogP contribution in [-0.2, 0) is 22.6 Å². The highest BCUT2D eigenvalue weighted by atomic mass is 16.4. The van der Waals surface area contributed by atoms with E-state index in [1.807, 2.05) is 11.6 Å². The first-order valence-electron chi connectivity index (χ1n) is 9.78. The Bertz CT molecular complexity index is 709. The first kappa shape index (κ1) is 18.9. The summed E-state index contributed by atoms with van der Waals surface area (Å²) >= 11 is 0. The number of aromatic nitrogens is 2. The van der Waals surface area contributed by atoms with E-state index in [1.165, 1.54) is 0 Å². The minimum atomic E-state index is -0.725. The van der Waals surface area contributed by atoms with E-state index in [1.54, 1.807) is 4.90 Å². The molecule has 1 aromatic rings. The molecule has 1 saturated carbocycles. The topological polar surface area (TPSA) is 75.4 Å². The van der Waals surface area contributed by atoms with Crippen LogP contribution in [0.4, 0.5) is 0 Å². The van der Waals surface area contributed by atoms with E-state index in [-0.39, 0.29) is 11.8 Å². The fraction of sp³-hybridized carbons (Fsp3) is 0.750. The largest absolute Gasteiger partial charge is 0.481 e. The molecule has 2 heterocycles. The van der Waals surface area contributed by atoms with Gasteiger partial charge in [0.1, 0.15) is 0 Å². The van der Waals surface area contributed by atoms with Gasteiger partial charge >= 0.3 is 5.97 Å². The summed E-state index contributed by atoms with van der Waals surface area (Å²) in [6.45, 7) is 10.3. The maximum Gasteiger partial charge on any atom is 0.311 e. The van der Waals surface area contributed by atoms with Crippen molar-refractivity contribution in [3.8, 4) is 0 Å². The number of carbonyl (C=O) groups excluding carboxylic acids is 1. The van der Waals surface area contributed by atoms with Crippen molar-refractivity contribution < 1.29 is 14.7 Å². The highest BCUT2D eigenvalue weighted by Crippen LogP contribution is 2.49. The molecule has 1 amide bonds. The lowest BCUT2D eigenvalue weighted by atomic mass is 9.81. The van der Waals surface area contributed by atoms with Crippen LogP contribution in [-0.4, -0.2) is 44.8 Å². The molecule has 0 bridgehead atoms. The van der Waals surface area contributed by atoms with E-state index in [9.17, 15) is 14.7 Å². The van der Waals surface area contributed by atoms with Crippen LogP contribution in [0, 0.1) is 31.1 Å². The number of carboxylic acid groups (broad SMARTS) is 1. The summed E-state index contributed by atoms with van der Waals surface area (Å²) in [7, 11) is 0. The monoisotopic (exact) mass is 361 g/mol. The molecule has 2 atom stereocenters. The lowest BCUT2D eigenvalue weighted by Crippen LogP contribution is -2.37. The molecule has 0 unspecified atom stereocenters. The maximum absolute atomic E-state index is 12.7. The molecule has 1 aliphatic carbocycles. The van der Waals surface area contributed by atoms with Crippen molar-refractivity contribution in [1.29, 1.82) is 0 Å². The standard InChI is InChI=1S/C20H31N3O3/c1-13(2)10-23-15(4)17(14(3)21-23)7-8-18(24)22-11-16-6-5-9-20(16,12-22)19(25)26/h13,16H,5-12H2,1-4H3,(H,25,26)/t16-,20+/m0/s1. The van der Waals surface area contributed by atoms with Gasteiger partial charge < -0.3 is 10.0 Å².